The Hall–Kier alpha value is -2.08. The molecule has 6 nitrogen and oxygen atoms in total. The standard InChI is InChI=1S/C14H18N2O4/c1-20-10-4-5-12-9(7-10)3-2-6-16(12)14(19)11(15)8-13(17)18/h4-5,7,11H,2-3,6,8,15H2,1H3,(H,17,18). The third kappa shape index (κ3) is 2.91. The molecule has 0 aliphatic carbocycles. The van der Waals surface area contributed by atoms with Gasteiger partial charge in [0, 0.05) is 12.2 Å². The first-order valence-corrected chi connectivity index (χ1v) is 6.48. The van der Waals surface area contributed by atoms with Crippen LogP contribution in [-0.2, 0) is 16.0 Å². The molecule has 3 N–H and O–H groups in total. The number of rotatable bonds is 4. The Morgan fingerprint density at radius 1 is 1.50 bits per heavy atom. The van der Waals surface area contributed by atoms with Crippen molar-refractivity contribution in [3.8, 4) is 5.75 Å². The van der Waals surface area contributed by atoms with E-state index in [0.717, 1.165) is 29.8 Å². The van der Waals surface area contributed by atoms with Crippen molar-refractivity contribution in [3.05, 3.63) is 23.8 Å². The van der Waals surface area contributed by atoms with Gasteiger partial charge >= 0.3 is 5.97 Å². The van der Waals surface area contributed by atoms with Crippen molar-refractivity contribution < 1.29 is 19.4 Å². The van der Waals surface area contributed by atoms with Crippen molar-refractivity contribution in [3.63, 3.8) is 0 Å². The number of anilines is 1. The molecule has 0 saturated heterocycles. The number of ether oxygens (including phenoxy) is 1. The van der Waals surface area contributed by atoms with Gasteiger partial charge in [-0.15, -0.1) is 0 Å². The first-order valence-electron chi connectivity index (χ1n) is 6.48. The Balaban J connectivity index is 2.23. The summed E-state index contributed by atoms with van der Waals surface area (Å²) in [6.07, 6.45) is 1.33. The van der Waals surface area contributed by atoms with Crippen LogP contribution in [0.15, 0.2) is 18.2 Å². The van der Waals surface area contributed by atoms with Crippen LogP contribution in [0, 0.1) is 0 Å². The number of carboxylic acids is 1. The van der Waals surface area contributed by atoms with Crippen LogP contribution in [0.5, 0.6) is 5.75 Å². The molecule has 6 heteroatoms. The number of aryl methyl sites for hydroxylation is 1. The van der Waals surface area contributed by atoms with Gasteiger partial charge in [-0.2, -0.15) is 0 Å². The lowest BCUT2D eigenvalue weighted by Crippen LogP contribution is -2.46. The topological polar surface area (TPSA) is 92.9 Å². The minimum Gasteiger partial charge on any atom is -0.497 e. The van der Waals surface area contributed by atoms with E-state index in [1.165, 1.54) is 0 Å². The third-order valence-electron chi connectivity index (χ3n) is 3.38. The lowest BCUT2D eigenvalue weighted by Gasteiger charge is -2.31. The number of fused-ring (bicyclic) bond motifs is 1. The fraction of sp³-hybridized carbons (Fsp3) is 0.429. The van der Waals surface area contributed by atoms with Gasteiger partial charge in [0.15, 0.2) is 0 Å². The van der Waals surface area contributed by atoms with E-state index in [4.69, 9.17) is 15.6 Å². The molecule has 20 heavy (non-hydrogen) atoms. The minimum atomic E-state index is -1.07. The maximum absolute atomic E-state index is 12.3. The molecule has 1 amide bonds. The molecule has 108 valence electrons. The van der Waals surface area contributed by atoms with Crippen molar-refractivity contribution in [2.75, 3.05) is 18.6 Å². The van der Waals surface area contributed by atoms with Gasteiger partial charge in [-0.1, -0.05) is 0 Å². The Morgan fingerprint density at radius 3 is 2.90 bits per heavy atom. The van der Waals surface area contributed by atoms with Crippen LogP contribution in [-0.4, -0.2) is 36.7 Å². The van der Waals surface area contributed by atoms with Crippen LogP contribution in [0.2, 0.25) is 0 Å². The molecule has 1 aliphatic heterocycles. The fourth-order valence-electron chi connectivity index (χ4n) is 2.40. The molecule has 0 spiro atoms. The molecule has 1 atom stereocenters. The largest absolute Gasteiger partial charge is 0.497 e. The van der Waals surface area contributed by atoms with Crippen molar-refractivity contribution in [2.45, 2.75) is 25.3 Å². The number of methoxy groups -OCH3 is 1. The van der Waals surface area contributed by atoms with Crippen molar-refractivity contribution in [2.24, 2.45) is 5.73 Å². The summed E-state index contributed by atoms with van der Waals surface area (Å²) in [5, 5.41) is 8.73. The number of hydrogen-bond acceptors (Lipinski definition) is 4. The molecular formula is C14H18N2O4. The van der Waals surface area contributed by atoms with E-state index in [9.17, 15) is 9.59 Å². The van der Waals surface area contributed by atoms with E-state index < -0.39 is 12.0 Å². The second kappa shape index (κ2) is 5.92. The summed E-state index contributed by atoms with van der Waals surface area (Å²) in [6.45, 7) is 0.561. The van der Waals surface area contributed by atoms with Gasteiger partial charge < -0.3 is 20.5 Å². The van der Waals surface area contributed by atoms with Gasteiger partial charge in [-0.25, -0.2) is 0 Å². The van der Waals surface area contributed by atoms with E-state index in [2.05, 4.69) is 0 Å². The Morgan fingerprint density at radius 2 is 2.25 bits per heavy atom. The van der Waals surface area contributed by atoms with Gasteiger partial charge in [-0.05, 0) is 36.6 Å². The predicted octanol–water partition coefficient (Wildman–Crippen LogP) is 0.776. The van der Waals surface area contributed by atoms with Gasteiger partial charge in [0.05, 0.1) is 19.6 Å². The summed E-state index contributed by atoms with van der Waals surface area (Å²) in [6, 6.07) is 4.49. The second-order valence-electron chi connectivity index (χ2n) is 4.79. The van der Waals surface area contributed by atoms with Crippen LogP contribution in [0.1, 0.15) is 18.4 Å². The van der Waals surface area contributed by atoms with E-state index in [1.807, 2.05) is 12.1 Å². The highest BCUT2D eigenvalue weighted by atomic mass is 16.5. The molecule has 0 saturated carbocycles. The molecule has 1 aromatic carbocycles. The Bertz CT molecular complexity index is 530. The van der Waals surface area contributed by atoms with Gasteiger partial charge in [-0.3, -0.25) is 9.59 Å². The Kier molecular flexibility index (Phi) is 4.24. The van der Waals surface area contributed by atoms with Crippen LogP contribution < -0.4 is 15.4 Å². The summed E-state index contributed by atoms with van der Waals surface area (Å²) in [5.41, 5.74) is 7.48. The van der Waals surface area contributed by atoms with Crippen molar-refractivity contribution in [1.29, 1.82) is 0 Å². The number of aliphatic carboxylic acids is 1. The smallest absolute Gasteiger partial charge is 0.305 e. The molecule has 1 unspecified atom stereocenters. The zero-order chi connectivity index (χ0) is 14.7. The number of amides is 1. The molecule has 1 heterocycles. The number of carbonyl (C=O) groups excluding carboxylic acids is 1. The summed E-state index contributed by atoms with van der Waals surface area (Å²) in [7, 11) is 1.59. The van der Waals surface area contributed by atoms with Crippen LogP contribution in [0.3, 0.4) is 0 Å². The molecule has 1 aromatic rings. The molecule has 0 fully saturated rings. The summed E-state index contributed by atoms with van der Waals surface area (Å²) in [5.74, 6) is -0.677. The molecule has 2 rings (SSSR count). The molecular weight excluding hydrogens is 260 g/mol. The second-order valence-corrected chi connectivity index (χ2v) is 4.79. The summed E-state index contributed by atoms with van der Waals surface area (Å²) < 4.78 is 5.17. The molecule has 0 aromatic heterocycles. The van der Waals surface area contributed by atoms with E-state index >= 15 is 0 Å². The van der Waals surface area contributed by atoms with Crippen LogP contribution in [0.4, 0.5) is 5.69 Å². The number of nitrogens with zero attached hydrogens (tertiary/aromatic N) is 1. The van der Waals surface area contributed by atoms with Crippen molar-refractivity contribution >= 4 is 17.6 Å². The highest BCUT2D eigenvalue weighted by molar-refractivity contribution is 5.99. The maximum Gasteiger partial charge on any atom is 0.305 e. The highest BCUT2D eigenvalue weighted by Crippen LogP contribution is 2.30. The third-order valence-corrected chi connectivity index (χ3v) is 3.38. The van der Waals surface area contributed by atoms with Gasteiger partial charge in [0.2, 0.25) is 5.91 Å². The lowest BCUT2D eigenvalue weighted by molar-refractivity contribution is -0.139. The number of nitrogens with two attached hydrogens (primary N) is 1. The summed E-state index contributed by atoms with van der Waals surface area (Å²) >= 11 is 0. The highest BCUT2D eigenvalue weighted by Gasteiger charge is 2.28. The summed E-state index contributed by atoms with van der Waals surface area (Å²) in [4.78, 5) is 24.5. The van der Waals surface area contributed by atoms with Gasteiger partial charge in [0.1, 0.15) is 5.75 Å². The number of hydrogen-bond donors (Lipinski definition) is 2. The normalized spacial score (nSPS) is 15.4. The SMILES string of the molecule is COc1ccc2c(c1)CCCN2C(=O)C(N)CC(=O)O. The molecule has 0 radical (unpaired) electrons. The van der Waals surface area contributed by atoms with E-state index in [0.29, 0.717) is 6.54 Å². The first-order chi connectivity index (χ1) is 9.52. The predicted molar refractivity (Wildman–Crippen MR) is 73.9 cm³/mol. The number of carboxylic acid groups (broad SMARTS) is 1. The Labute approximate surface area is 117 Å². The first kappa shape index (κ1) is 14.3. The van der Waals surface area contributed by atoms with Gasteiger partial charge in [0.25, 0.3) is 0 Å². The van der Waals surface area contributed by atoms with E-state index in [-0.39, 0.29) is 12.3 Å². The van der Waals surface area contributed by atoms with Crippen LogP contribution in [0.25, 0.3) is 0 Å². The molecule has 0 bridgehead atoms. The fourth-order valence-corrected chi connectivity index (χ4v) is 2.40. The zero-order valence-corrected chi connectivity index (χ0v) is 11.3. The number of benzene rings is 1. The van der Waals surface area contributed by atoms with E-state index in [1.54, 1.807) is 18.1 Å². The van der Waals surface area contributed by atoms with Crippen molar-refractivity contribution in [1.82, 2.24) is 0 Å². The average Bonchev–Trinajstić information content (AvgIpc) is 2.44. The lowest BCUT2D eigenvalue weighted by atomic mass is 10.00. The zero-order valence-electron chi connectivity index (χ0n) is 11.3. The number of carbonyl (C=O) groups is 2. The minimum absolute atomic E-state index is 0.349. The molecule has 1 aliphatic rings. The van der Waals surface area contributed by atoms with Crippen LogP contribution >= 0.6 is 0 Å². The average molecular weight is 278 g/mol. The monoisotopic (exact) mass is 278 g/mol. The maximum atomic E-state index is 12.3. The quantitative estimate of drug-likeness (QED) is 0.849.